The van der Waals surface area contributed by atoms with Gasteiger partial charge in [0.05, 0.1) is 12.2 Å². The maximum absolute atomic E-state index is 13.0. The third-order valence-electron chi connectivity index (χ3n) is 5.22. The van der Waals surface area contributed by atoms with Crippen LogP contribution in [-0.2, 0) is 4.74 Å². The Kier molecular flexibility index (Phi) is 5.67. The number of fused-ring (bicyclic) bond motifs is 1. The van der Waals surface area contributed by atoms with Crippen LogP contribution in [0.4, 0.5) is 0 Å². The lowest BCUT2D eigenvalue weighted by molar-refractivity contribution is -0.277. The highest BCUT2D eigenvalue weighted by molar-refractivity contribution is 5.93. The van der Waals surface area contributed by atoms with Crippen molar-refractivity contribution in [3.8, 4) is 34.1 Å². The summed E-state index contributed by atoms with van der Waals surface area (Å²) in [4.78, 5) is 13.0. The number of ether oxygens (including phenoxy) is 2. The zero-order valence-corrected chi connectivity index (χ0v) is 16.3. The van der Waals surface area contributed by atoms with Crippen molar-refractivity contribution in [1.29, 1.82) is 0 Å². The van der Waals surface area contributed by atoms with E-state index in [0.717, 1.165) is 12.3 Å². The smallest absolute Gasteiger partial charge is 0.229 e. The van der Waals surface area contributed by atoms with Gasteiger partial charge >= 0.3 is 0 Å². The first-order valence-corrected chi connectivity index (χ1v) is 9.50. The van der Waals surface area contributed by atoms with Gasteiger partial charge in [-0.1, -0.05) is 12.1 Å². The van der Waals surface area contributed by atoms with Crippen LogP contribution in [0.1, 0.15) is 0 Å². The fourth-order valence-electron chi connectivity index (χ4n) is 3.49. The summed E-state index contributed by atoms with van der Waals surface area (Å²) in [6.45, 7) is -0.696. The van der Waals surface area contributed by atoms with Gasteiger partial charge in [-0.25, -0.2) is 0 Å². The van der Waals surface area contributed by atoms with Gasteiger partial charge in [-0.05, 0) is 17.7 Å². The Balaban J connectivity index is 1.80. The molecule has 1 aliphatic rings. The molecule has 7 N–H and O–H groups in total. The van der Waals surface area contributed by atoms with E-state index in [9.17, 15) is 40.5 Å². The summed E-state index contributed by atoms with van der Waals surface area (Å²) in [5.74, 6) is -1.75. The maximum Gasteiger partial charge on any atom is 0.229 e. The molecule has 0 bridgehead atoms. The van der Waals surface area contributed by atoms with Gasteiger partial charge in [-0.15, -0.1) is 0 Å². The zero-order valence-electron chi connectivity index (χ0n) is 16.3. The molecule has 2 aromatic carbocycles. The van der Waals surface area contributed by atoms with Crippen molar-refractivity contribution in [1.82, 2.24) is 0 Å². The van der Waals surface area contributed by atoms with Crippen LogP contribution < -0.4 is 10.2 Å². The van der Waals surface area contributed by atoms with Crippen molar-refractivity contribution in [2.45, 2.75) is 30.7 Å². The number of benzene rings is 2. The summed E-state index contributed by atoms with van der Waals surface area (Å²) < 4.78 is 16.2. The number of aliphatic hydroxyl groups excluding tert-OH is 4. The molecule has 0 spiro atoms. The van der Waals surface area contributed by atoms with Crippen molar-refractivity contribution in [2.75, 3.05) is 6.61 Å². The van der Waals surface area contributed by atoms with E-state index in [1.54, 1.807) is 0 Å². The zero-order chi connectivity index (χ0) is 23.2. The molecule has 170 valence electrons. The average Bonchev–Trinajstić information content (AvgIpc) is 2.77. The van der Waals surface area contributed by atoms with Crippen LogP contribution in [0, 0.1) is 0 Å². The van der Waals surface area contributed by atoms with Crippen molar-refractivity contribution < 1.29 is 49.6 Å². The fourth-order valence-corrected chi connectivity index (χ4v) is 3.49. The van der Waals surface area contributed by atoms with E-state index in [1.807, 2.05) is 0 Å². The monoisotopic (exact) mass is 448 g/mol. The predicted molar refractivity (Wildman–Crippen MR) is 107 cm³/mol. The highest BCUT2D eigenvalue weighted by Crippen LogP contribution is 2.41. The molecule has 11 heteroatoms. The SMILES string of the molecule is O=c1c(-c2ccc(O)cc2)coc2c(O[C@@H]3O[C@H](CO)[C@@H](O)[C@H](O)[C@H]3O)c(O)cc(O)c12. The van der Waals surface area contributed by atoms with Gasteiger partial charge in [0.15, 0.2) is 11.3 Å². The molecule has 1 aliphatic heterocycles. The number of phenolic OH excluding ortho intramolecular Hbond substituents is 3. The number of aliphatic hydroxyl groups is 4. The van der Waals surface area contributed by atoms with Gasteiger partial charge in [-0.3, -0.25) is 4.79 Å². The minimum absolute atomic E-state index is 0.0121. The number of hydrogen-bond donors (Lipinski definition) is 7. The van der Waals surface area contributed by atoms with Crippen LogP contribution >= 0.6 is 0 Å². The standard InChI is InChI=1S/C21H20O11/c22-6-13-16(27)17(28)18(29)21(31-13)32-19-12(25)5-11(24)14-15(26)10(7-30-20(14)19)8-1-3-9(23)4-2-8/h1-5,7,13,16-18,21-25,27-29H,6H2/t13-,16-,17+,18-,21+/m1/s1. The molecule has 32 heavy (non-hydrogen) atoms. The Morgan fingerprint density at radius 2 is 1.62 bits per heavy atom. The maximum atomic E-state index is 13.0. The molecule has 3 aromatic rings. The summed E-state index contributed by atoms with van der Waals surface area (Å²) >= 11 is 0. The first-order valence-electron chi connectivity index (χ1n) is 9.50. The molecule has 5 atom stereocenters. The molecular weight excluding hydrogens is 428 g/mol. The third kappa shape index (κ3) is 3.61. The summed E-state index contributed by atoms with van der Waals surface area (Å²) in [6.07, 6.45) is -6.99. The number of aromatic hydroxyl groups is 3. The Hall–Kier alpha value is -3.35. The van der Waals surface area contributed by atoms with Crippen molar-refractivity contribution in [2.24, 2.45) is 0 Å². The molecule has 2 heterocycles. The Labute approximate surface area is 179 Å². The van der Waals surface area contributed by atoms with Crippen molar-refractivity contribution in [3.05, 3.63) is 46.8 Å². The Morgan fingerprint density at radius 1 is 0.938 bits per heavy atom. The molecule has 1 saturated heterocycles. The molecular formula is C21H20O11. The van der Waals surface area contributed by atoms with Crippen LogP contribution in [-0.4, -0.2) is 73.1 Å². The minimum Gasteiger partial charge on any atom is -0.508 e. The van der Waals surface area contributed by atoms with Crippen LogP contribution in [0.15, 0.2) is 45.8 Å². The van der Waals surface area contributed by atoms with E-state index in [4.69, 9.17) is 13.9 Å². The van der Waals surface area contributed by atoms with E-state index >= 15 is 0 Å². The summed E-state index contributed by atoms with van der Waals surface area (Å²) in [7, 11) is 0. The molecule has 0 unspecified atom stereocenters. The first-order chi connectivity index (χ1) is 15.2. The molecule has 1 aromatic heterocycles. The molecule has 0 radical (unpaired) electrons. The second-order valence-electron chi connectivity index (χ2n) is 7.29. The minimum atomic E-state index is -1.78. The lowest BCUT2D eigenvalue weighted by Crippen LogP contribution is -2.60. The molecule has 0 amide bonds. The summed E-state index contributed by atoms with van der Waals surface area (Å²) in [6, 6.07) is 6.50. The highest BCUT2D eigenvalue weighted by atomic mass is 16.7. The summed E-state index contributed by atoms with van der Waals surface area (Å²) in [5.41, 5.74) is -0.598. The average molecular weight is 448 g/mol. The number of rotatable bonds is 4. The fraction of sp³-hybridized carbons (Fsp3) is 0.286. The predicted octanol–water partition coefficient (Wildman–Crippen LogP) is -0.245. The molecule has 4 rings (SSSR count). The van der Waals surface area contributed by atoms with Gasteiger partial charge in [-0.2, -0.15) is 0 Å². The van der Waals surface area contributed by atoms with E-state index in [2.05, 4.69) is 0 Å². The van der Waals surface area contributed by atoms with E-state index in [1.165, 1.54) is 24.3 Å². The number of hydrogen-bond acceptors (Lipinski definition) is 11. The van der Waals surface area contributed by atoms with E-state index < -0.39 is 60.0 Å². The molecule has 1 fully saturated rings. The van der Waals surface area contributed by atoms with E-state index in [-0.39, 0.29) is 22.3 Å². The van der Waals surface area contributed by atoms with Crippen LogP contribution in [0.5, 0.6) is 23.0 Å². The second kappa shape index (κ2) is 8.30. The van der Waals surface area contributed by atoms with Crippen LogP contribution in [0.25, 0.3) is 22.1 Å². The van der Waals surface area contributed by atoms with Gasteiger partial charge in [0.2, 0.25) is 17.5 Å². The molecule has 0 aliphatic carbocycles. The molecule has 11 nitrogen and oxygen atoms in total. The van der Waals surface area contributed by atoms with Gasteiger partial charge in [0.1, 0.15) is 47.6 Å². The lowest BCUT2D eigenvalue weighted by atomic mass is 9.99. The van der Waals surface area contributed by atoms with E-state index in [0.29, 0.717) is 5.56 Å². The Morgan fingerprint density at radius 3 is 2.28 bits per heavy atom. The second-order valence-corrected chi connectivity index (χ2v) is 7.29. The lowest BCUT2D eigenvalue weighted by Gasteiger charge is -2.39. The van der Waals surface area contributed by atoms with Gasteiger partial charge in [0, 0.05) is 6.07 Å². The topological polar surface area (TPSA) is 190 Å². The first kappa shape index (κ1) is 21.9. The van der Waals surface area contributed by atoms with Crippen LogP contribution in [0.3, 0.4) is 0 Å². The largest absolute Gasteiger partial charge is 0.508 e. The highest BCUT2D eigenvalue weighted by Gasteiger charge is 2.45. The Bertz CT molecular complexity index is 1190. The summed E-state index contributed by atoms with van der Waals surface area (Å²) in [5, 5.41) is 69.0. The van der Waals surface area contributed by atoms with Crippen molar-refractivity contribution >= 4 is 11.0 Å². The van der Waals surface area contributed by atoms with Gasteiger partial charge < -0.3 is 49.6 Å². The van der Waals surface area contributed by atoms with Crippen LogP contribution in [0.2, 0.25) is 0 Å². The third-order valence-corrected chi connectivity index (χ3v) is 5.22. The number of phenols is 3. The quantitative estimate of drug-likeness (QED) is 0.279. The van der Waals surface area contributed by atoms with Crippen molar-refractivity contribution in [3.63, 3.8) is 0 Å². The normalized spacial score (nSPS) is 25.7. The molecule has 0 saturated carbocycles. The van der Waals surface area contributed by atoms with Gasteiger partial charge in [0.25, 0.3) is 0 Å².